The van der Waals surface area contributed by atoms with E-state index >= 15 is 0 Å². The van der Waals surface area contributed by atoms with Crippen LogP contribution in [-0.2, 0) is 4.79 Å². The highest BCUT2D eigenvalue weighted by Crippen LogP contribution is 2.43. The Morgan fingerprint density at radius 2 is 2.07 bits per heavy atom. The van der Waals surface area contributed by atoms with Crippen molar-refractivity contribution in [1.82, 2.24) is 14.8 Å². The number of ketones is 1. The third kappa shape index (κ3) is 2.70. The number of Topliss-reactive ketones (excluding diaryl/α,β-unsaturated/α-hetero) is 1. The Kier molecular flexibility index (Phi) is 3.89. The van der Waals surface area contributed by atoms with Gasteiger partial charge in [-0.15, -0.1) is 11.8 Å². The van der Waals surface area contributed by atoms with Crippen LogP contribution in [0.3, 0.4) is 0 Å². The molecular weight excluding hydrogens is 360 g/mol. The number of carbonyl (C=O) groups is 1. The summed E-state index contributed by atoms with van der Waals surface area (Å²) in [6, 6.07) is 11.9. The number of thioether (sulfide) groups is 1. The molecule has 1 N–H and O–H groups in total. The summed E-state index contributed by atoms with van der Waals surface area (Å²) in [4.78, 5) is 18.7. The number of nitrogens with one attached hydrogen (secondary N) is 1. The van der Waals surface area contributed by atoms with Crippen LogP contribution in [0.2, 0.25) is 0 Å². The van der Waals surface area contributed by atoms with E-state index in [0.29, 0.717) is 12.4 Å². The van der Waals surface area contributed by atoms with Crippen LogP contribution in [0.4, 0.5) is 5.95 Å². The molecule has 2 atom stereocenters. The van der Waals surface area contributed by atoms with Crippen molar-refractivity contribution in [2.75, 3.05) is 11.6 Å². The molecule has 3 heterocycles. The van der Waals surface area contributed by atoms with E-state index in [1.165, 1.54) is 11.2 Å². The van der Waals surface area contributed by atoms with Crippen LogP contribution in [0.1, 0.15) is 36.1 Å². The molecule has 0 amide bonds. The lowest BCUT2D eigenvalue weighted by Gasteiger charge is -2.34. The van der Waals surface area contributed by atoms with Crippen molar-refractivity contribution in [3.63, 3.8) is 0 Å². The zero-order valence-corrected chi connectivity index (χ0v) is 15.6. The summed E-state index contributed by atoms with van der Waals surface area (Å²) in [5, 5.41) is 7.71. The molecule has 0 fully saturated rings. The molecule has 136 valence electrons. The van der Waals surface area contributed by atoms with Gasteiger partial charge in [-0.25, -0.2) is 4.68 Å². The molecule has 0 saturated carbocycles. The number of fused-ring (bicyclic) bond motifs is 1. The van der Waals surface area contributed by atoms with Gasteiger partial charge in [-0.1, -0.05) is 12.1 Å². The standard InChI is InChI=1S/C20H18N4O2S/c1-27-14-6-4-12(5-7-14)19-18-15(23-20-21-11-22-24(19)20)9-13(10-16(18)25)17-3-2-8-26-17/h2-8,11,13,19H,9-10H2,1H3,(H,21,22,23). The molecule has 0 bridgehead atoms. The molecule has 6 nitrogen and oxygen atoms in total. The lowest BCUT2D eigenvalue weighted by Crippen LogP contribution is -2.33. The molecule has 0 saturated heterocycles. The topological polar surface area (TPSA) is 73.0 Å². The van der Waals surface area contributed by atoms with E-state index in [0.717, 1.165) is 29.0 Å². The van der Waals surface area contributed by atoms with Crippen molar-refractivity contribution in [2.45, 2.75) is 29.7 Å². The molecule has 27 heavy (non-hydrogen) atoms. The third-order valence-electron chi connectivity index (χ3n) is 5.24. The van der Waals surface area contributed by atoms with Gasteiger partial charge in [-0.05, 0) is 42.5 Å². The van der Waals surface area contributed by atoms with E-state index in [1.807, 2.05) is 12.1 Å². The van der Waals surface area contributed by atoms with Gasteiger partial charge in [0.1, 0.15) is 18.1 Å². The van der Waals surface area contributed by atoms with Gasteiger partial charge in [0.15, 0.2) is 5.78 Å². The number of allylic oxidation sites excluding steroid dienone is 2. The number of nitrogens with zero attached hydrogens (tertiary/aromatic N) is 3. The van der Waals surface area contributed by atoms with Crippen LogP contribution >= 0.6 is 11.8 Å². The van der Waals surface area contributed by atoms with Gasteiger partial charge in [0.25, 0.3) is 0 Å². The van der Waals surface area contributed by atoms with Crippen LogP contribution in [0, 0.1) is 0 Å². The average Bonchev–Trinajstić information content (AvgIpc) is 3.38. The van der Waals surface area contributed by atoms with E-state index in [1.54, 1.807) is 22.7 Å². The molecule has 1 aliphatic carbocycles. The van der Waals surface area contributed by atoms with Gasteiger partial charge >= 0.3 is 0 Å². The van der Waals surface area contributed by atoms with Gasteiger partial charge in [0, 0.05) is 28.5 Å². The van der Waals surface area contributed by atoms with E-state index in [9.17, 15) is 4.79 Å². The predicted molar refractivity (Wildman–Crippen MR) is 103 cm³/mol. The van der Waals surface area contributed by atoms with E-state index in [2.05, 4.69) is 45.9 Å². The monoisotopic (exact) mass is 378 g/mol. The van der Waals surface area contributed by atoms with Crippen molar-refractivity contribution in [1.29, 1.82) is 0 Å². The van der Waals surface area contributed by atoms with Gasteiger partial charge in [0.05, 0.1) is 6.26 Å². The Hall–Kier alpha value is -2.80. The summed E-state index contributed by atoms with van der Waals surface area (Å²) in [7, 11) is 0. The maximum absolute atomic E-state index is 13.2. The van der Waals surface area contributed by atoms with Crippen LogP contribution in [-0.4, -0.2) is 26.8 Å². The van der Waals surface area contributed by atoms with Crippen molar-refractivity contribution < 1.29 is 9.21 Å². The highest BCUT2D eigenvalue weighted by molar-refractivity contribution is 7.98. The highest BCUT2D eigenvalue weighted by atomic mass is 32.2. The fraction of sp³-hybridized carbons (Fsp3) is 0.250. The second kappa shape index (κ2) is 6.42. The number of hydrogen-bond acceptors (Lipinski definition) is 6. The number of benzene rings is 1. The largest absolute Gasteiger partial charge is 0.469 e. The van der Waals surface area contributed by atoms with Crippen LogP contribution in [0.5, 0.6) is 0 Å². The predicted octanol–water partition coefficient (Wildman–Crippen LogP) is 4.01. The minimum atomic E-state index is -0.250. The number of hydrogen-bond donors (Lipinski definition) is 1. The summed E-state index contributed by atoms with van der Waals surface area (Å²) < 4.78 is 7.36. The summed E-state index contributed by atoms with van der Waals surface area (Å²) in [6.07, 6.45) is 6.40. The second-order valence-corrected chi connectivity index (χ2v) is 7.64. The van der Waals surface area contributed by atoms with Crippen LogP contribution < -0.4 is 5.32 Å². The smallest absolute Gasteiger partial charge is 0.226 e. The Bertz CT molecular complexity index is 1020. The Labute approximate surface area is 160 Å². The number of anilines is 1. The molecule has 2 aromatic heterocycles. The first kappa shape index (κ1) is 16.4. The number of aromatic nitrogens is 3. The quantitative estimate of drug-likeness (QED) is 0.694. The first-order valence-electron chi connectivity index (χ1n) is 8.84. The average molecular weight is 378 g/mol. The van der Waals surface area contributed by atoms with Crippen LogP contribution in [0.25, 0.3) is 0 Å². The van der Waals surface area contributed by atoms with Gasteiger partial charge in [-0.3, -0.25) is 4.79 Å². The molecule has 2 aliphatic rings. The minimum absolute atomic E-state index is 0.0488. The normalized spacial score (nSPS) is 21.6. The third-order valence-corrected chi connectivity index (χ3v) is 5.98. The Morgan fingerprint density at radius 3 is 2.81 bits per heavy atom. The molecule has 1 aliphatic heterocycles. The summed E-state index contributed by atoms with van der Waals surface area (Å²) >= 11 is 1.70. The lowest BCUT2D eigenvalue weighted by molar-refractivity contribution is -0.117. The summed E-state index contributed by atoms with van der Waals surface area (Å²) in [5.41, 5.74) is 2.75. The number of carbonyl (C=O) groups excluding carboxylic acids is 1. The maximum Gasteiger partial charge on any atom is 0.226 e. The molecular formula is C20H18N4O2S. The first-order valence-corrected chi connectivity index (χ1v) is 10.1. The highest BCUT2D eigenvalue weighted by Gasteiger charge is 2.39. The molecule has 5 rings (SSSR count). The fourth-order valence-corrected chi connectivity index (χ4v) is 4.38. The number of furan rings is 1. The minimum Gasteiger partial charge on any atom is -0.469 e. The van der Waals surface area contributed by atoms with Gasteiger partial charge < -0.3 is 9.73 Å². The number of rotatable bonds is 3. The SMILES string of the molecule is CSc1ccc(C2C3=C(CC(c4ccco4)CC3=O)Nc3ncnn32)cc1. The van der Waals surface area contributed by atoms with Crippen molar-refractivity contribution >= 4 is 23.5 Å². The van der Waals surface area contributed by atoms with E-state index < -0.39 is 0 Å². The molecule has 0 spiro atoms. The maximum atomic E-state index is 13.2. The first-order chi connectivity index (χ1) is 13.2. The summed E-state index contributed by atoms with van der Waals surface area (Å²) in [6.45, 7) is 0. The van der Waals surface area contributed by atoms with Gasteiger partial charge in [-0.2, -0.15) is 10.1 Å². The van der Waals surface area contributed by atoms with Crippen LogP contribution in [0.15, 0.2) is 69.6 Å². The summed E-state index contributed by atoms with van der Waals surface area (Å²) in [5.74, 6) is 1.70. The van der Waals surface area contributed by atoms with E-state index in [4.69, 9.17) is 4.42 Å². The molecule has 1 aromatic carbocycles. The lowest BCUT2D eigenvalue weighted by atomic mass is 9.79. The molecule has 2 unspecified atom stereocenters. The molecule has 3 aromatic rings. The Morgan fingerprint density at radius 1 is 1.22 bits per heavy atom. The molecule has 7 heteroatoms. The molecule has 0 radical (unpaired) electrons. The second-order valence-electron chi connectivity index (χ2n) is 6.76. The van der Waals surface area contributed by atoms with Crippen molar-refractivity contribution in [3.05, 3.63) is 71.6 Å². The van der Waals surface area contributed by atoms with Crippen molar-refractivity contribution in [2.24, 2.45) is 0 Å². The van der Waals surface area contributed by atoms with Crippen molar-refractivity contribution in [3.8, 4) is 0 Å². The zero-order chi connectivity index (χ0) is 18.4. The van der Waals surface area contributed by atoms with Gasteiger partial charge in [0.2, 0.25) is 5.95 Å². The van der Waals surface area contributed by atoms with E-state index in [-0.39, 0.29) is 17.7 Å². The Balaban J connectivity index is 1.60. The fourth-order valence-electron chi connectivity index (χ4n) is 3.97. The zero-order valence-electron chi connectivity index (χ0n) is 14.8.